The summed E-state index contributed by atoms with van der Waals surface area (Å²) in [6, 6.07) is 39.1. The first-order chi connectivity index (χ1) is 18.3. The molecule has 0 spiro atoms. The van der Waals surface area contributed by atoms with Crippen LogP contribution >= 0.6 is 33.9 Å². The van der Waals surface area contributed by atoms with Crippen molar-refractivity contribution in [1.82, 2.24) is 14.5 Å². The van der Waals surface area contributed by atoms with Gasteiger partial charge in [0, 0.05) is 60.1 Å². The van der Waals surface area contributed by atoms with Crippen molar-refractivity contribution in [3.63, 3.8) is 0 Å². The zero-order valence-corrected chi connectivity index (χ0v) is 22.5. The normalized spacial score (nSPS) is 11.9. The first-order valence-corrected chi connectivity index (χ1v) is 14.0. The molecule has 0 aliphatic carbocycles. The first kappa shape index (κ1) is 21.3. The van der Waals surface area contributed by atoms with Gasteiger partial charge in [-0.1, -0.05) is 78.9 Å². The fraction of sp³-hybridized carbons (Fsp3) is 0. The first-order valence-electron chi connectivity index (χ1n) is 12.1. The summed E-state index contributed by atoms with van der Waals surface area (Å²) in [5.74, 6) is 0. The summed E-state index contributed by atoms with van der Waals surface area (Å²) < 4.78 is 4.39. The molecule has 0 radical (unpaired) electrons. The maximum atomic E-state index is 5.05. The van der Waals surface area contributed by atoms with Crippen LogP contribution in [0.15, 0.2) is 109 Å². The average molecular weight is 603 g/mol. The number of hydrogen-bond donors (Lipinski definition) is 0. The zero-order chi connectivity index (χ0) is 24.5. The fourth-order valence-electron chi connectivity index (χ4n) is 5.60. The van der Waals surface area contributed by atoms with Gasteiger partial charge in [0.1, 0.15) is 4.83 Å². The lowest BCUT2D eigenvalue weighted by Crippen LogP contribution is -1.95. The SMILES string of the molecule is Ic1nc(-c2cccc3c2c2ccccc2n3-c2ccc3ccccc3c2)c2c(n1)sc1ccccc12. The van der Waals surface area contributed by atoms with E-state index in [9.17, 15) is 0 Å². The summed E-state index contributed by atoms with van der Waals surface area (Å²) >= 11 is 3.98. The Morgan fingerprint density at radius 1 is 0.622 bits per heavy atom. The Balaban J connectivity index is 1.51. The predicted molar refractivity (Wildman–Crippen MR) is 165 cm³/mol. The number of para-hydroxylation sites is 1. The standard InChI is InChI=1S/C32H18IN3S/c33-32-34-30(29-23-11-4-6-15-27(23)37-31(29)35-32)24-12-7-14-26-28(24)22-10-3-5-13-25(22)36(26)21-17-16-19-8-1-2-9-20(19)18-21/h1-18H. The van der Waals surface area contributed by atoms with Gasteiger partial charge >= 0.3 is 0 Å². The Bertz CT molecular complexity index is 2170. The maximum Gasteiger partial charge on any atom is 0.192 e. The Morgan fingerprint density at radius 3 is 2.30 bits per heavy atom. The van der Waals surface area contributed by atoms with Crippen molar-refractivity contribution in [3.05, 3.63) is 113 Å². The average Bonchev–Trinajstić information content (AvgIpc) is 3.48. The number of nitrogens with zero attached hydrogens (tertiary/aromatic N) is 3. The van der Waals surface area contributed by atoms with Gasteiger partial charge in [-0.3, -0.25) is 0 Å². The van der Waals surface area contributed by atoms with Crippen LogP contribution < -0.4 is 0 Å². The van der Waals surface area contributed by atoms with Gasteiger partial charge in [0.25, 0.3) is 0 Å². The number of aromatic nitrogens is 3. The fourth-order valence-corrected chi connectivity index (χ4v) is 7.32. The van der Waals surface area contributed by atoms with Crippen molar-refractivity contribution in [2.75, 3.05) is 0 Å². The van der Waals surface area contributed by atoms with Gasteiger partial charge in [0.15, 0.2) is 3.83 Å². The highest BCUT2D eigenvalue weighted by molar-refractivity contribution is 14.1. The lowest BCUT2D eigenvalue weighted by atomic mass is 10.0. The highest BCUT2D eigenvalue weighted by Gasteiger charge is 2.20. The summed E-state index contributed by atoms with van der Waals surface area (Å²) in [4.78, 5) is 10.9. The molecule has 3 heterocycles. The van der Waals surface area contributed by atoms with Gasteiger partial charge in [0.05, 0.1) is 16.7 Å². The van der Waals surface area contributed by atoms with Crippen LogP contribution in [0.2, 0.25) is 0 Å². The van der Waals surface area contributed by atoms with E-state index in [2.05, 4.69) is 136 Å². The van der Waals surface area contributed by atoms with Crippen molar-refractivity contribution in [2.45, 2.75) is 0 Å². The number of hydrogen-bond acceptors (Lipinski definition) is 3. The highest BCUT2D eigenvalue weighted by Crippen LogP contribution is 2.43. The van der Waals surface area contributed by atoms with E-state index in [0.717, 1.165) is 31.0 Å². The molecule has 0 atom stereocenters. The molecule has 3 nitrogen and oxygen atoms in total. The molecule has 8 rings (SSSR count). The molecule has 0 aliphatic rings. The maximum absolute atomic E-state index is 5.05. The molecule has 37 heavy (non-hydrogen) atoms. The van der Waals surface area contributed by atoms with Crippen LogP contribution in [-0.4, -0.2) is 14.5 Å². The summed E-state index contributed by atoms with van der Waals surface area (Å²) in [6.07, 6.45) is 0. The second-order valence-corrected chi connectivity index (χ2v) is 11.2. The van der Waals surface area contributed by atoms with Crippen LogP contribution in [0.1, 0.15) is 0 Å². The number of benzene rings is 5. The van der Waals surface area contributed by atoms with Crippen LogP contribution in [0, 0.1) is 3.83 Å². The molecule has 0 aliphatic heterocycles. The minimum atomic E-state index is 0.766. The van der Waals surface area contributed by atoms with Crippen LogP contribution in [0.3, 0.4) is 0 Å². The third-order valence-electron chi connectivity index (χ3n) is 7.16. The second kappa shape index (κ2) is 8.10. The van der Waals surface area contributed by atoms with E-state index in [-0.39, 0.29) is 0 Å². The van der Waals surface area contributed by atoms with Crippen LogP contribution in [-0.2, 0) is 0 Å². The minimum Gasteiger partial charge on any atom is -0.309 e. The van der Waals surface area contributed by atoms with Gasteiger partial charge in [-0.25, -0.2) is 9.97 Å². The molecule has 5 heteroatoms. The van der Waals surface area contributed by atoms with E-state index in [4.69, 9.17) is 9.97 Å². The topological polar surface area (TPSA) is 30.7 Å². The summed E-state index contributed by atoms with van der Waals surface area (Å²) in [7, 11) is 0. The number of halogens is 1. The molecule has 5 aromatic carbocycles. The molecule has 0 amide bonds. The van der Waals surface area contributed by atoms with E-state index in [1.54, 1.807) is 11.3 Å². The Hall–Kier alpha value is -3.81. The quantitative estimate of drug-likeness (QED) is 0.146. The van der Waals surface area contributed by atoms with Gasteiger partial charge in [-0.05, 0) is 41.1 Å². The van der Waals surface area contributed by atoms with E-state index in [1.807, 2.05) is 0 Å². The van der Waals surface area contributed by atoms with Gasteiger partial charge in [-0.2, -0.15) is 0 Å². The minimum absolute atomic E-state index is 0.766. The van der Waals surface area contributed by atoms with Gasteiger partial charge in [-0.15, -0.1) is 11.3 Å². The molecular weight excluding hydrogens is 585 g/mol. The third-order valence-corrected chi connectivity index (χ3v) is 8.70. The molecule has 3 aromatic heterocycles. The predicted octanol–water partition coefficient (Wildman–Crippen LogP) is 9.37. The Labute approximate surface area is 230 Å². The van der Waals surface area contributed by atoms with Crippen LogP contribution in [0.5, 0.6) is 0 Å². The molecule has 0 N–H and O–H groups in total. The van der Waals surface area contributed by atoms with Crippen LogP contribution in [0.4, 0.5) is 0 Å². The number of thiophene rings is 1. The second-order valence-electron chi connectivity index (χ2n) is 9.20. The largest absolute Gasteiger partial charge is 0.309 e. The molecular formula is C32H18IN3S. The third kappa shape index (κ3) is 3.17. The molecule has 8 aromatic rings. The molecule has 0 fully saturated rings. The zero-order valence-electron chi connectivity index (χ0n) is 19.5. The van der Waals surface area contributed by atoms with Crippen molar-refractivity contribution >= 4 is 86.8 Å². The molecule has 0 bridgehead atoms. The monoisotopic (exact) mass is 603 g/mol. The van der Waals surface area contributed by atoms with Crippen molar-refractivity contribution in [2.24, 2.45) is 0 Å². The smallest absolute Gasteiger partial charge is 0.192 e. The lowest BCUT2D eigenvalue weighted by Gasteiger charge is -2.10. The number of rotatable bonds is 2. The summed E-state index contributed by atoms with van der Waals surface area (Å²) in [5.41, 5.74) is 5.66. The summed E-state index contributed by atoms with van der Waals surface area (Å²) in [6.45, 7) is 0. The highest BCUT2D eigenvalue weighted by atomic mass is 127. The van der Waals surface area contributed by atoms with Crippen molar-refractivity contribution < 1.29 is 0 Å². The molecule has 174 valence electrons. The lowest BCUT2D eigenvalue weighted by molar-refractivity contribution is 1.17. The van der Waals surface area contributed by atoms with E-state index in [0.29, 0.717) is 0 Å². The Kier molecular flexibility index (Phi) is 4.66. The Morgan fingerprint density at radius 2 is 1.38 bits per heavy atom. The molecule has 0 saturated carbocycles. The van der Waals surface area contributed by atoms with E-state index < -0.39 is 0 Å². The van der Waals surface area contributed by atoms with Crippen molar-refractivity contribution in [1.29, 1.82) is 0 Å². The molecule has 0 saturated heterocycles. The molecule has 0 unspecified atom stereocenters. The van der Waals surface area contributed by atoms with Gasteiger partial charge in [0.2, 0.25) is 0 Å². The van der Waals surface area contributed by atoms with Crippen molar-refractivity contribution in [3.8, 4) is 16.9 Å². The number of fused-ring (bicyclic) bond motifs is 7. The van der Waals surface area contributed by atoms with E-state index in [1.165, 1.54) is 42.7 Å². The van der Waals surface area contributed by atoms with E-state index >= 15 is 0 Å². The van der Waals surface area contributed by atoms with Gasteiger partial charge < -0.3 is 4.57 Å². The van der Waals surface area contributed by atoms with Crippen LogP contribution in [0.25, 0.3) is 69.8 Å². The summed E-state index contributed by atoms with van der Waals surface area (Å²) in [5, 5.41) is 7.27.